The van der Waals surface area contributed by atoms with Crippen molar-refractivity contribution in [2.45, 2.75) is 6.10 Å². The van der Waals surface area contributed by atoms with E-state index in [0.717, 1.165) is 4.47 Å². The van der Waals surface area contributed by atoms with Crippen LogP contribution >= 0.6 is 15.9 Å². The van der Waals surface area contributed by atoms with E-state index in [9.17, 15) is 4.79 Å². The van der Waals surface area contributed by atoms with Gasteiger partial charge in [0, 0.05) is 23.1 Å². The Hall–Kier alpha value is -1.22. The maximum Gasteiger partial charge on any atom is 0.176 e. The molecular formula is C13H13BrN2O2. The summed E-state index contributed by atoms with van der Waals surface area (Å²) < 4.78 is 6.14. The van der Waals surface area contributed by atoms with Crippen LogP contribution < -0.4 is 0 Å². The zero-order chi connectivity index (χ0) is 13.0. The molecule has 0 aromatic heterocycles. The predicted octanol–water partition coefficient (Wildman–Crippen LogP) is 1.86. The fraction of sp³-hybridized carbons (Fsp3) is 0.385. The molecule has 0 saturated carbocycles. The van der Waals surface area contributed by atoms with Gasteiger partial charge in [0.15, 0.2) is 11.9 Å². The average Bonchev–Trinajstić information content (AvgIpc) is 2.39. The Bertz CT molecular complexity index is 484. The molecule has 1 saturated heterocycles. The maximum absolute atomic E-state index is 12.1. The van der Waals surface area contributed by atoms with Gasteiger partial charge in [-0.25, -0.2) is 0 Å². The standard InChI is InChI=1S/C13H13BrN2O2/c14-11-3-1-2-10(6-11)13(17)9-16-4-5-18-12(7-15)8-16/h1-3,6,12H,4-5,8-9H2. The summed E-state index contributed by atoms with van der Waals surface area (Å²) in [6, 6.07) is 9.41. The molecule has 0 spiro atoms. The van der Waals surface area contributed by atoms with Crippen LogP contribution in [0.1, 0.15) is 10.4 Å². The van der Waals surface area contributed by atoms with Gasteiger partial charge in [-0.1, -0.05) is 28.1 Å². The summed E-state index contributed by atoms with van der Waals surface area (Å²) in [5.41, 5.74) is 0.685. The molecule has 1 heterocycles. The maximum atomic E-state index is 12.1. The highest BCUT2D eigenvalue weighted by molar-refractivity contribution is 9.10. The van der Waals surface area contributed by atoms with Gasteiger partial charge in [-0.05, 0) is 12.1 Å². The molecule has 1 unspecified atom stereocenters. The van der Waals surface area contributed by atoms with Gasteiger partial charge in [0.05, 0.1) is 19.2 Å². The molecule has 5 heteroatoms. The fourth-order valence-electron chi connectivity index (χ4n) is 1.88. The normalized spacial score (nSPS) is 20.3. The molecule has 0 N–H and O–H groups in total. The van der Waals surface area contributed by atoms with Gasteiger partial charge in [0.25, 0.3) is 0 Å². The van der Waals surface area contributed by atoms with E-state index in [4.69, 9.17) is 10.00 Å². The third-order valence-electron chi connectivity index (χ3n) is 2.81. The summed E-state index contributed by atoms with van der Waals surface area (Å²) in [7, 11) is 0. The van der Waals surface area contributed by atoms with E-state index in [1.54, 1.807) is 6.07 Å². The molecule has 1 fully saturated rings. The summed E-state index contributed by atoms with van der Waals surface area (Å²) >= 11 is 3.35. The second-order valence-corrected chi connectivity index (χ2v) is 5.07. The van der Waals surface area contributed by atoms with Crippen molar-refractivity contribution in [3.8, 4) is 6.07 Å². The lowest BCUT2D eigenvalue weighted by atomic mass is 10.1. The highest BCUT2D eigenvalue weighted by Gasteiger charge is 2.22. The molecule has 1 atom stereocenters. The van der Waals surface area contributed by atoms with Gasteiger partial charge in [0.1, 0.15) is 0 Å². The molecule has 4 nitrogen and oxygen atoms in total. The van der Waals surface area contributed by atoms with Crippen LogP contribution in [-0.2, 0) is 4.74 Å². The highest BCUT2D eigenvalue weighted by Crippen LogP contribution is 2.13. The van der Waals surface area contributed by atoms with Crippen LogP contribution in [0.25, 0.3) is 0 Å². The van der Waals surface area contributed by atoms with Crippen molar-refractivity contribution in [1.29, 1.82) is 5.26 Å². The number of ether oxygens (including phenoxy) is 1. The number of hydrogen-bond acceptors (Lipinski definition) is 4. The van der Waals surface area contributed by atoms with Crippen molar-refractivity contribution in [2.24, 2.45) is 0 Å². The molecular weight excluding hydrogens is 296 g/mol. The third kappa shape index (κ3) is 3.39. The van der Waals surface area contributed by atoms with Crippen LogP contribution in [0.2, 0.25) is 0 Å². The lowest BCUT2D eigenvalue weighted by Gasteiger charge is -2.28. The number of nitriles is 1. The molecule has 0 radical (unpaired) electrons. The van der Waals surface area contributed by atoms with E-state index in [0.29, 0.717) is 31.8 Å². The first-order chi connectivity index (χ1) is 8.69. The molecule has 1 aliphatic rings. The van der Waals surface area contributed by atoms with Crippen LogP contribution in [-0.4, -0.2) is 43.0 Å². The molecule has 18 heavy (non-hydrogen) atoms. The first-order valence-corrected chi connectivity index (χ1v) is 6.50. The Balaban J connectivity index is 1.97. The molecule has 94 valence electrons. The number of carbonyl (C=O) groups is 1. The van der Waals surface area contributed by atoms with Gasteiger partial charge in [-0.3, -0.25) is 9.69 Å². The topological polar surface area (TPSA) is 53.3 Å². The summed E-state index contributed by atoms with van der Waals surface area (Å²) in [6.07, 6.45) is -0.422. The van der Waals surface area contributed by atoms with Crippen molar-refractivity contribution >= 4 is 21.7 Å². The van der Waals surface area contributed by atoms with Gasteiger partial charge >= 0.3 is 0 Å². The molecule has 0 amide bonds. The number of nitrogens with zero attached hydrogens (tertiary/aromatic N) is 2. The number of hydrogen-bond donors (Lipinski definition) is 0. The summed E-state index contributed by atoms with van der Waals surface area (Å²) in [6.45, 7) is 2.02. The SMILES string of the molecule is N#CC1CN(CC(=O)c2cccc(Br)c2)CCO1. The first-order valence-electron chi connectivity index (χ1n) is 5.71. The lowest BCUT2D eigenvalue weighted by Crippen LogP contribution is -2.44. The number of carbonyl (C=O) groups excluding carboxylic acids is 1. The van der Waals surface area contributed by atoms with Gasteiger partial charge < -0.3 is 4.74 Å². The van der Waals surface area contributed by atoms with E-state index in [1.807, 2.05) is 23.1 Å². The second-order valence-electron chi connectivity index (χ2n) is 4.16. The molecule has 1 aromatic rings. The number of benzene rings is 1. The minimum atomic E-state index is -0.422. The second kappa shape index (κ2) is 6.10. The summed E-state index contributed by atoms with van der Waals surface area (Å²) in [4.78, 5) is 14.0. The van der Waals surface area contributed by atoms with E-state index < -0.39 is 6.10 Å². The van der Waals surface area contributed by atoms with E-state index in [2.05, 4.69) is 22.0 Å². The summed E-state index contributed by atoms with van der Waals surface area (Å²) in [5.74, 6) is 0.0647. The van der Waals surface area contributed by atoms with Crippen molar-refractivity contribution in [1.82, 2.24) is 4.90 Å². The smallest absolute Gasteiger partial charge is 0.176 e. The Labute approximate surface area is 114 Å². The molecule has 2 rings (SSSR count). The van der Waals surface area contributed by atoms with Crippen molar-refractivity contribution in [3.05, 3.63) is 34.3 Å². The quantitative estimate of drug-likeness (QED) is 0.800. The van der Waals surface area contributed by atoms with E-state index >= 15 is 0 Å². The minimum Gasteiger partial charge on any atom is -0.361 e. The molecule has 1 aromatic carbocycles. The first kappa shape index (κ1) is 13.2. The van der Waals surface area contributed by atoms with Gasteiger partial charge in [0.2, 0.25) is 0 Å². The lowest BCUT2D eigenvalue weighted by molar-refractivity contribution is 0.00241. The Morgan fingerprint density at radius 1 is 1.61 bits per heavy atom. The number of rotatable bonds is 3. The van der Waals surface area contributed by atoms with Crippen LogP contribution in [0, 0.1) is 11.3 Å². The Morgan fingerprint density at radius 2 is 2.44 bits per heavy atom. The Morgan fingerprint density at radius 3 is 3.17 bits per heavy atom. The summed E-state index contributed by atoms with van der Waals surface area (Å²) in [5, 5.41) is 8.80. The fourth-order valence-corrected chi connectivity index (χ4v) is 2.28. The van der Waals surface area contributed by atoms with Crippen LogP contribution in [0.15, 0.2) is 28.7 Å². The van der Waals surface area contributed by atoms with Crippen LogP contribution in [0.4, 0.5) is 0 Å². The van der Waals surface area contributed by atoms with Crippen molar-refractivity contribution in [3.63, 3.8) is 0 Å². The van der Waals surface area contributed by atoms with Gasteiger partial charge in [-0.2, -0.15) is 5.26 Å². The molecule has 1 aliphatic heterocycles. The zero-order valence-corrected chi connectivity index (χ0v) is 11.4. The van der Waals surface area contributed by atoms with Crippen molar-refractivity contribution < 1.29 is 9.53 Å². The van der Waals surface area contributed by atoms with Crippen LogP contribution in [0.5, 0.6) is 0 Å². The van der Waals surface area contributed by atoms with Gasteiger partial charge in [-0.15, -0.1) is 0 Å². The molecule has 0 aliphatic carbocycles. The van der Waals surface area contributed by atoms with Crippen molar-refractivity contribution in [2.75, 3.05) is 26.2 Å². The molecule has 0 bridgehead atoms. The number of Topliss-reactive ketones (excluding diaryl/α,β-unsaturated/α-hetero) is 1. The Kier molecular flexibility index (Phi) is 4.48. The predicted molar refractivity (Wildman–Crippen MR) is 70.3 cm³/mol. The highest BCUT2D eigenvalue weighted by atomic mass is 79.9. The average molecular weight is 309 g/mol. The number of ketones is 1. The third-order valence-corrected chi connectivity index (χ3v) is 3.30. The monoisotopic (exact) mass is 308 g/mol. The largest absolute Gasteiger partial charge is 0.361 e. The zero-order valence-electron chi connectivity index (χ0n) is 9.80. The van der Waals surface area contributed by atoms with E-state index in [-0.39, 0.29) is 5.78 Å². The minimum absolute atomic E-state index is 0.0647. The van der Waals surface area contributed by atoms with Crippen LogP contribution in [0.3, 0.4) is 0 Å². The number of halogens is 1. The number of morpholine rings is 1. The van der Waals surface area contributed by atoms with E-state index in [1.165, 1.54) is 0 Å².